The van der Waals surface area contributed by atoms with Crippen LogP contribution in [0.3, 0.4) is 0 Å². The molecule has 2 N–H and O–H groups in total. The molecule has 0 unspecified atom stereocenters. The summed E-state index contributed by atoms with van der Waals surface area (Å²) in [5.74, 6) is -0.0204. The minimum atomic E-state index is -3.36. The standard InChI is InChI=1S/C14H17ClN2O2S2/c1-17(9-13-6-7-14(15)20-13)21(18,19)10-12-4-2-11(8-16)3-5-12/h2-7H,8-10,16H2,1H3. The van der Waals surface area contributed by atoms with Gasteiger partial charge in [0.05, 0.1) is 10.1 Å². The lowest BCUT2D eigenvalue weighted by Gasteiger charge is -2.16. The third kappa shape index (κ3) is 4.52. The van der Waals surface area contributed by atoms with Crippen LogP contribution in [0.25, 0.3) is 0 Å². The van der Waals surface area contributed by atoms with Gasteiger partial charge in [-0.15, -0.1) is 11.3 Å². The van der Waals surface area contributed by atoms with Crippen molar-refractivity contribution in [3.05, 3.63) is 56.7 Å². The SMILES string of the molecule is CN(Cc1ccc(Cl)s1)S(=O)(=O)Cc1ccc(CN)cc1. The summed E-state index contributed by atoms with van der Waals surface area (Å²) in [6, 6.07) is 10.9. The van der Waals surface area contributed by atoms with Gasteiger partial charge in [0.2, 0.25) is 10.0 Å². The number of rotatable bonds is 6. The molecule has 0 saturated carbocycles. The van der Waals surface area contributed by atoms with Gasteiger partial charge in [-0.2, -0.15) is 4.31 Å². The van der Waals surface area contributed by atoms with Gasteiger partial charge in [-0.25, -0.2) is 8.42 Å². The van der Waals surface area contributed by atoms with E-state index in [1.54, 1.807) is 25.2 Å². The highest BCUT2D eigenvalue weighted by Gasteiger charge is 2.19. The molecule has 0 aliphatic carbocycles. The fraction of sp³-hybridized carbons (Fsp3) is 0.286. The molecule has 0 aliphatic rings. The molecular formula is C14H17ClN2O2S2. The van der Waals surface area contributed by atoms with Crippen molar-refractivity contribution in [3.63, 3.8) is 0 Å². The Kier molecular flexibility index (Phi) is 5.40. The molecule has 2 rings (SSSR count). The molecule has 7 heteroatoms. The number of sulfonamides is 1. The fourth-order valence-electron chi connectivity index (χ4n) is 1.85. The Balaban J connectivity index is 2.05. The first-order valence-electron chi connectivity index (χ1n) is 6.37. The minimum Gasteiger partial charge on any atom is -0.326 e. The number of nitrogens with two attached hydrogens (primary N) is 1. The molecule has 0 bridgehead atoms. The van der Waals surface area contributed by atoms with E-state index in [0.717, 1.165) is 16.0 Å². The van der Waals surface area contributed by atoms with Crippen molar-refractivity contribution in [2.75, 3.05) is 7.05 Å². The highest BCUT2D eigenvalue weighted by Crippen LogP contribution is 2.23. The Morgan fingerprint density at radius 3 is 2.29 bits per heavy atom. The van der Waals surface area contributed by atoms with Crippen LogP contribution in [0.1, 0.15) is 16.0 Å². The zero-order valence-electron chi connectivity index (χ0n) is 11.6. The number of hydrogen-bond acceptors (Lipinski definition) is 4. The summed E-state index contributed by atoms with van der Waals surface area (Å²) >= 11 is 7.25. The maximum atomic E-state index is 12.3. The normalized spacial score (nSPS) is 12.0. The number of halogens is 1. The largest absolute Gasteiger partial charge is 0.326 e. The summed E-state index contributed by atoms with van der Waals surface area (Å²) in [6.07, 6.45) is 0. The van der Waals surface area contributed by atoms with E-state index < -0.39 is 10.0 Å². The second-order valence-electron chi connectivity index (χ2n) is 4.74. The molecule has 1 aromatic heterocycles. The molecule has 0 aliphatic heterocycles. The Bertz CT molecular complexity index is 696. The minimum absolute atomic E-state index is 0.0204. The van der Waals surface area contributed by atoms with Gasteiger partial charge >= 0.3 is 0 Å². The van der Waals surface area contributed by atoms with E-state index in [-0.39, 0.29) is 5.75 Å². The zero-order chi connectivity index (χ0) is 15.5. The van der Waals surface area contributed by atoms with E-state index in [0.29, 0.717) is 17.4 Å². The summed E-state index contributed by atoms with van der Waals surface area (Å²) in [4.78, 5) is 0.921. The smallest absolute Gasteiger partial charge is 0.218 e. The van der Waals surface area contributed by atoms with Gasteiger partial charge in [0.15, 0.2) is 0 Å². The van der Waals surface area contributed by atoms with E-state index >= 15 is 0 Å². The predicted molar refractivity (Wildman–Crippen MR) is 87.8 cm³/mol. The van der Waals surface area contributed by atoms with Crippen LogP contribution < -0.4 is 5.73 Å². The Morgan fingerprint density at radius 2 is 1.76 bits per heavy atom. The maximum absolute atomic E-state index is 12.3. The highest BCUT2D eigenvalue weighted by molar-refractivity contribution is 7.88. The maximum Gasteiger partial charge on any atom is 0.218 e. The molecule has 1 heterocycles. The Morgan fingerprint density at radius 1 is 1.14 bits per heavy atom. The van der Waals surface area contributed by atoms with Crippen molar-refractivity contribution in [3.8, 4) is 0 Å². The van der Waals surface area contributed by atoms with Crippen molar-refractivity contribution in [1.82, 2.24) is 4.31 Å². The third-order valence-electron chi connectivity index (χ3n) is 3.09. The van der Waals surface area contributed by atoms with Crippen LogP contribution in [0.2, 0.25) is 4.34 Å². The summed E-state index contributed by atoms with van der Waals surface area (Å²) < 4.78 is 26.7. The third-order valence-corrected chi connectivity index (χ3v) is 6.08. The first kappa shape index (κ1) is 16.5. The molecule has 1 aromatic carbocycles. The summed E-state index contributed by atoms with van der Waals surface area (Å²) in [6.45, 7) is 0.784. The quantitative estimate of drug-likeness (QED) is 0.876. The number of thiophene rings is 1. The Hall–Kier alpha value is -0.920. The fourth-order valence-corrected chi connectivity index (χ4v) is 4.24. The molecular weight excluding hydrogens is 328 g/mol. The molecule has 21 heavy (non-hydrogen) atoms. The Labute approximate surface area is 134 Å². The molecule has 114 valence electrons. The molecule has 0 spiro atoms. The number of nitrogens with zero attached hydrogens (tertiary/aromatic N) is 1. The van der Waals surface area contributed by atoms with E-state index in [9.17, 15) is 8.42 Å². The van der Waals surface area contributed by atoms with Gasteiger partial charge in [-0.1, -0.05) is 35.9 Å². The van der Waals surface area contributed by atoms with Crippen LogP contribution in [-0.2, 0) is 28.9 Å². The molecule has 4 nitrogen and oxygen atoms in total. The van der Waals surface area contributed by atoms with Crippen molar-refractivity contribution in [2.24, 2.45) is 5.73 Å². The van der Waals surface area contributed by atoms with Gasteiger partial charge < -0.3 is 5.73 Å². The van der Waals surface area contributed by atoms with E-state index in [4.69, 9.17) is 17.3 Å². The highest BCUT2D eigenvalue weighted by atomic mass is 35.5. The van der Waals surface area contributed by atoms with Crippen molar-refractivity contribution < 1.29 is 8.42 Å². The van der Waals surface area contributed by atoms with E-state index in [1.807, 2.05) is 18.2 Å². The molecule has 0 saturated heterocycles. The molecule has 0 fully saturated rings. The topological polar surface area (TPSA) is 63.4 Å². The summed E-state index contributed by atoms with van der Waals surface area (Å²) in [5, 5.41) is 0. The second-order valence-corrected chi connectivity index (χ2v) is 8.61. The average molecular weight is 345 g/mol. The van der Waals surface area contributed by atoms with E-state index in [1.165, 1.54) is 15.6 Å². The first-order chi connectivity index (χ1) is 9.90. The summed E-state index contributed by atoms with van der Waals surface area (Å²) in [5.41, 5.74) is 7.26. The van der Waals surface area contributed by atoms with Crippen LogP contribution in [-0.4, -0.2) is 19.8 Å². The zero-order valence-corrected chi connectivity index (χ0v) is 14.0. The lowest BCUT2D eigenvalue weighted by atomic mass is 10.1. The van der Waals surface area contributed by atoms with Crippen LogP contribution in [0.15, 0.2) is 36.4 Å². The van der Waals surface area contributed by atoms with Gasteiger partial charge in [0.25, 0.3) is 0 Å². The van der Waals surface area contributed by atoms with Gasteiger partial charge in [-0.05, 0) is 23.3 Å². The second kappa shape index (κ2) is 6.89. The number of benzene rings is 1. The number of hydrogen-bond donors (Lipinski definition) is 1. The average Bonchev–Trinajstić information content (AvgIpc) is 2.84. The van der Waals surface area contributed by atoms with Gasteiger partial charge in [0, 0.05) is 25.0 Å². The van der Waals surface area contributed by atoms with Crippen LogP contribution in [0.4, 0.5) is 0 Å². The van der Waals surface area contributed by atoms with Crippen LogP contribution >= 0.6 is 22.9 Å². The molecule has 2 aromatic rings. The molecule has 0 amide bonds. The van der Waals surface area contributed by atoms with E-state index in [2.05, 4.69) is 0 Å². The summed E-state index contributed by atoms with van der Waals surface area (Å²) in [7, 11) is -1.78. The predicted octanol–water partition coefficient (Wildman–Crippen LogP) is 2.82. The van der Waals surface area contributed by atoms with Crippen LogP contribution in [0, 0.1) is 0 Å². The van der Waals surface area contributed by atoms with Crippen molar-refractivity contribution in [2.45, 2.75) is 18.8 Å². The molecule has 0 radical (unpaired) electrons. The lowest BCUT2D eigenvalue weighted by molar-refractivity contribution is 0.469. The van der Waals surface area contributed by atoms with Gasteiger partial charge in [-0.3, -0.25) is 0 Å². The van der Waals surface area contributed by atoms with Crippen molar-refractivity contribution >= 4 is 33.0 Å². The lowest BCUT2D eigenvalue weighted by Crippen LogP contribution is -2.27. The van der Waals surface area contributed by atoms with Gasteiger partial charge in [0.1, 0.15) is 0 Å². The first-order valence-corrected chi connectivity index (χ1v) is 9.17. The molecule has 0 atom stereocenters. The van der Waals surface area contributed by atoms with Crippen LogP contribution in [0.5, 0.6) is 0 Å². The van der Waals surface area contributed by atoms with Crippen molar-refractivity contribution in [1.29, 1.82) is 0 Å². The monoisotopic (exact) mass is 344 g/mol.